The summed E-state index contributed by atoms with van der Waals surface area (Å²) < 4.78 is 12.3. The molecule has 1 saturated carbocycles. The SMILES string of the molecule is CC1(c2ccc(O)cc2B2OC(C)(C)C(C)(C)O2)CC1. The molecule has 1 N–H and O–H groups in total. The zero-order chi connectivity index (χ0) is 14.8. The Morgan fingerprint density at radius 3 is 2.05 bits per heavy atom. The van der Waals surface area contributed by atoms with E-state index in [0.29, 0.717) is 0 Å². The van der Waals surface area contributed by atoms with Gasteiger partial charge in [0.1, 0.15) is 5.75 Å². The van der Waals surface area contributed by atoms with Crippen molar-refractivity contribution in [3.63, 3.8) is 0 Å². The smallest absolute Gasteiger partial charge is 0.495 e. The molecule has 0 radical (unpaired) electrons. The average molecular weight is 274 g/mol. The van der Waals surface area contributed by atoms with Gasteiger partial charge in [0.15, 0.2) is 0 Å². The fourth-order valence-electron chi connectivity index (χ4n) is 2.72. The van der Waals surface area contributed by atoms with Crippen molar-refractivity contribution < 1.29 is 14.4 Å². The van der Waals surface area contributed by atoms with Gasteiger partial charge in [0.2, 0.25) is 0 Å². The van der Waals surface area contributed by atoms with Crippen LogP contribution in [0.25, 0.3) is 0 Å². The highest BCUT2D eigenvalue weighted by molar-refractivity contribution is 6.62. The van der Waals surface area contributed by atoms with E-state index in [1.54, 1.807) is 12.1 Å². The predicted octanol–water partition coefficient (Wildman–Crippen LogP) is 2.74. The summed E-state index contributed by atoms with van der Waals surface area (Å²) in [7, 11) is -0.403. The Kier molecular flexibility index (Phi) is 2.80. The van der Waals surface area contributed by atoms with E-state index in [4.69, 9.17) is 9.31 Å². The van der Waals surface area contributed by atoms with Gasteiger partial charge in [-0.2, -0.15) is 0 Å². The summed E-state index contributed by atoms with van der Waals surface area (Å²) in [5.41, 5.74) is 1.72. The van der Waals surface area contributed by atoms with Gasteiger partial charge in [0.05, 0.1) is 11.2 Å². The van der Waals surface area contributed by atoms with Crippen LogP contribution in [-0.2, 0) is 14.7 Å². The van der Waals surface area contributed by atoms with Crippen LogP contribution in [0.2, 0.25) is 0 Å². The Morgan fingerprint density at radius 2 is 1.55 bits per heavy atom. The Bertz CT molecular complexity index is 531. The van der Waals surface area contributed by atoms with Crippen molar-refractivity contribution >= 4 is 12.6 Å². The first-order valence-corrected chi connectivity index (χ1v) is 7.34. The van der Waals surface area contributed by atoms with Crippen molar-refractivity contribution in [1.82, 2.24) is 0 Å². The zero-order valence-corrected chi connectivity index (χ0v) is 13.0. The molecule has 2 aliphatic rings. The molecule has 20 heavy (non-hydrogen) atoms. The molecule has 4 heteroatoms. The van der Waals surface area contributed by atoms with Gasteiger partial charge in [0.25, 0.3) is 0 Å². The van der Waals surface area contributed by atoms with Crippen LogP contribution in [0.4, 0.5) is 0 Å². The third-order valence-corrected chi connectivity index (χ3v) is 5.19. The van der Waals surface area contributed by atoms with E-state index in [1.165, 1.54) is 18.4 Å². The van der Waals surface area contributed by atoms with Crippen molar-refractivity contribution in [2.24, 2.45) is 0 Å². The third-order valence-electron chi connectivity index (χ3n) is 5.19. The van der Waals surface area contributed by atoms with Gasteiger partial charge in [-0.25, -0.2) is 0 Å². The molecule has 0 atom stereocenters. The normalized spacial score (nSPS) is 25.8. The lowest BCUT2D eigenvalue weighted by atomic mass is 9.72. The molecule has 1 aliphatic carbocycles. The summed E-state index contributed by atoms with van der Waals surface area (Å²) in [4.78, 5) is 0. The van der Waals surface area contributed by atoms with E-state index in [1.807, 2.05) is 33.8 Å². The van der Waals surface area contributed by atoms with E-state index in [-0.39, 0.29) is 22.4 Å². The second kappa shape index (κ2) is 4.02. The lowest BCUT2D eigenvalue weighted by molar-refractivity contribution is 0.00578. The van der Waals surface area contributed by atoms with Crippen LogP contribution in [0, 0.1) is 0 Å². The molecular formula is C16H23BO3. The zero-order valence-electron chi connectivity index (χ0n) is 13.0. The summed E-state index contributed by atoms with van der Waals surface area (Å²) in [5, 5.41) is 9.83. The Hall–Kier alpha value is -0.995. The Balaban J connectivity index is 2.01. The maximum absolute atomic E-state index is 9.83. The van der Waals surface area contributed by atoms with Crippen LogP contribution in [0.15, 0.2) is 18.2 Å². The maximum atomic E-state index is 9.83. The van der Waals surface area contributed by atoms with Gasteiger partial charge < -0.3 is 14.4 Å². The van der Waals surface area contributed by atoms with Gasteiger partial charge >= 0.3 is 7.12 Å². The maximum Gasteiger partial charge on any atom is 0.495 e. The second-order valence-electron chi connectivity index (χ2n) is 7.42. The number of hydrogen-bond acceptors (Lipinski definition) is 3. The van der Waals surface area contributed by atoms with Crippen molar-refractivity contribution in [3.8, 4) is 5.75 Å². The molecule has 1 aromatic rings. The van der Waals surface area contributed by atoms with Crippen LogP contribution >= 0.6 is 0 Å². The number of phenols is 1. The molecule has 0 spiro atoms. The minimum Gasteiger partial charge on any atom is -0.508 e. The highest BCUT2D eigenvalue weighted by Gasteiger charge is 2.53. The molecule has 1 aromatic carbocycles. The number of rotatable bonds is 2. The van der Waals surface area contributed by atoms with E-state index in [9.17, 15) is 5.11 Å². The molecule has 0 bridgehead atoms. The van der Waals surface area contributed by atoms with Crippen LogP contribution in [0.1, 0.15) is 53.0 Å². The lowest BCUT2D eigenvalue weighted by Gasteiger charge is -2.32. The van der Waals surface area contributed by atoms with Crippen LogP contribution in [0.3, 0.4) is 0 Å². The molecule has 1 aliphatic heterocycles. The van der Waals surface area contributed by atoms with E-state index >= 15 is 0 Å². The molecule has 0 amide bonds. The van der Waals surface area contributed by atoms with E-state index in [2.05, 4.69) is 6.92 Å². The fraction of sp³-hybridized carbons (Fsp3) is 0.625. The quantitative estimate of drug-likeness (QED) is 0.843. The minimum atomic E-state index is -0.403. The highest BCUT2D eigenvalue weighted by atomic mass is 16.7. The summed E-state index contributed by atoms with van der Waals surface area (Å²) in [6.07, 6.45) is 2.37. The largest absolute Gasteiger partial charge is 0.508 e. The summed E-state index contributed by atoms with van der Waals surface area (Å²) in [6, 6.07) is 5.57. The molecule has 0 aromatic heterocycles. The lowest BCUT2D eigenvalue weighted by Crippen LogP contribution is -2.41. The van der Waals surface area contributed by atoms with Crippen LogP contribution in [0.5, 0.6) is 5.75 Å². The molecule has 2 fully saturated rings. The number of hydrogen-bond donors (Lipinski definition) is 1. The molecule has 3 nitrogen and oxygen atoms in total. The third kappa shape index (κ3) is 2.06. The molecule has 0 unspecified atom stereocenters. The van der Waals surface area contributed by atoms with Crippen molar-refractivity contribution in [2.75, 3.05) is 0 Å². The van der Waals surface area contributed by atoms with Crippen LogP contribution < -0.4 is 5.46 Å². The summed E-state index contributed by atoms with van der Waals surface area (Å²) in [5.74, 6) is 0.266. The molecule has 1 heterocycles. The standard InChI is InChI=1S/C16H23BO3/c1-14(2)15(3,4)20-17(19-14)13-10-11(18)6-7-12(13)16(5)8-9-16/h6-7,10,18H,8-9H2,1-5H3. The molecule has 3 rings (SSSR count). The second-order valence-corrected chi connectivity index (χ2v) is 7.42. The van der Waals surface area contributed by atoms with Gasteiger partial charge in [-0.15, -0.1) is 0 Å². The van der Waals surface area contributed by atoms with E-state index in [0.717, 1.165) is 5.46 Å². The average Bonchev–Trinajstić information content (AvgIpc) is 3.01. The predicted molar refractivity (Wildman–Crippen MR) is 80.4 cm³/mol. The van der Waals surface area contributed by atoms with Crippen molar-refractivity contribution in [3.05, 3.63) is 23.8 Å². The van der Waals surface area contributed by atoms with Gasteiger partial charge in [0, 0.05) is 0 Å². The summed E-state index contributed by atoms with van der Waals surface area (Å²) >= 11 is 0. The molecular weight excluding hydrogens is 251 g/mol. The van der Waals surface area contributed by atoms with E-state index < -0.39 is 7.12 Å². The van der Waals surface area contributed by atoms with Gasteiger partial charge in [-0.1, -0.05) is 13.0 Å². The molecule has 1 saturated heterocycles. The number of aromatic hydroxyl groups is 1. The fourth-order valence-corrected chi connectivity index (χ4v) is 2.72. The van der Waals surface area contributed by atoms with Gasteiger partial charge in [-0.05, 0) is 69.1 Å². The minimum absolute atomic E-state index is 0.215. The van der Waals surface area contributed by atoms with Crippen molar-refractivity contribution in [2.45, 2.75) is 64.1 Å². The number of benzene rings is 1. The Labute approximate surface area is 121 Å². The Morgan fingerprint density at radius 1 is 1.00 bits per heavy atom. The van der Waals surface area contributed by atoms with Crippen molar-refractivity contribution in [1.29, 1.82) is 0 Å². The topological polar surface area (TPSA) is 38.7 Å². The molecule has 108 valence electrons. The van der Waals surface area contributed by atoms with Gasteiger partial charge in [-0.3, -0.25) is 0 Å². The highest BCUT2D eigenvalue weighted by Crippen LogP contribution is 2.48. The summed E-state index contributed by atoms with van der Waals surface area (Å²) in [6.45, 7) is 10.5. The first kappa shape index (κ1) is 14.0. The monoisotopic (exact) mass is 274 g/mol. The van der Waals surface area contributed by atoms with Crippen LogP contribution in [-0.4, -0.2) is 23.4 Å². The first-order chi connectivity index (χ1) is 9.15. The first-order valence-electron chi connectivity index (χ1n) is 7.34. The number of phenolic OH excluding ortho intramolecular Hbond substituents is 1.